The van der Waals surface area contributed by atoms with Gasteiger partial charge in [0.2, 0.25) is 0 Å². The van der Waals surface area contributed by atoms with Gasteiger partial charge >= 0.3 is 0 Å². The van der Waals surface area contributed by atoms with Crippen molar-refractivity contribution in [2.45, 2.75) is 200 Å². The Morgan fingerprint density at radius 1 is 0.282 bits per heavy atom. The van der Waals surface area contributed by atoms with E-state index in [1.165, 1.54) is 180 Å². The molecule has 0 heterocycles. The van der Waals surface area contributed by atoms with Crippen LogP contribution < -0.4 is 0 Å². The molecule has 3 heteroatoms. The van der Waals surface area contributed by atoms with Crippen LogP contribution in [0.2, 0.25) is 0 Å². The van der Waals surface area contributed by atoms with Gasteiger partial charge in [-0.05, 0) is 25.8 Å². The van der Waals surface area contributed by atoms with Crippen LogP contribution in [0.1, 0.15) is 200 Å². The molecule has 0 aromatic rings. The van der Waals surface area contributed by atoms with Gasteiger partial charge in [0.25, 0.3) is 0 Å². The van der Waals surface area contributed by atoms with Crippen LogP contribution in [0.5, 0.6) is 0 Å². The summed E-state index contributed by atoms with van der Waals surface area (Å²) in [5.41, 5.74) is 0. The molecule has 0 aromatic carbocycles. The van der Waals surface area contributed by atoms with E-state index in [1.54, 1.807) is 0 Å². The molecule has 39 heavy (non-hydrogen) atoms. The van der Waals surface area contributed by atoms with E-state index < -0.39 is 0 Å². The largest absolute Gasteiger partial charge is 0.396 e. The van der Waals surface area contributed by atoms with Crippen molar-refractivity contribution >= 4 is 0 Å². The highest BCUT2D eigenvalue weighted by Crippen LogP contribution is 2.16. The first-order valence-electron chi connectivity index (χ1n) is 18.3. The fourth-order valence-corrected chi connectivity index (χ4v) is 5.93. The fraction of sp³-hybridized carbons (Fsp3) is 1.00. The SMILES string of the molecule is CCCCCCCCCCCCCCCCCCCCCCCCCCCCCCN(CCCO)CCCO. The summed E-state index contributed by atoms with van der Waals surface area (Å²) in [6, 6.07) is 0. The zero-order valence-corrected chi connectivity index (χ0v) is 27.1. The molecule has 0 unspecified atom stereocenters. The first-order chi connectivity index (χ1) is 19.3. The minimum atomic E-state index is 0.273. The maximum absolute atomic E-state index is 9.04. The van der Waals surface area contributed by atoms with E-state index in [9.17, 15) is 0 Å². The molecule has 0 amide bonds. The van der Waals surface area contributed by atoms with Crippen LogP contribution in [0.15, 0.2) is 0 Å². The lowest BCUT2D eigenvalue weighted by molar-refractivity contribution is 0.199. The monoisotopic (exact) mass is 554 g/mol. The van der Waals surface area contributed by atoms with Crippen LogP contribution in [-0.4, -0.2) is 48.0 Å². The molecule has 0 aliphatic heterocycles. The van der Waals surface area contributed by atoms with E-state index in [0.717, 1.165) is 32.5 Å². The summed E-state index contributed by atoms with van der Waals surface area (Å²) in [4.78, 5) is 2.41. The highest BCUT2D eigenvalue weighted by Gasteiger charge is 2.04. The number of nitrogens with zero attached hydrogens (tertiary/aromatic N) is 1. The van der Waals surface area contributed by atoms with Gasteiger partial charge in [-0.25, -0.2) is 0 Å². The Hall–Kier alpha value is -0.120. The van der Waals surface area contributed by atoms with E-state index in [4.69, 9.17) is 10.2 Å². The zero-order valence-electron chi connectivity index (χ0n) is 27.1. The molecule has 0 aromatic heterocycles. The number of hydrogen-bond acceptors (Lipinski definition) is 3. The van der Waals surface area contributed by atoms with E-state index in [1.807, 2.05) is 0 Å². The third-order valence-electron chi connectivity index (χ3n) is 8.59. The van der Waals surface area contributed by atoms with Gasteiger partial charge in [0.1, 0.15) is 0 Å². The quantitative estimate of drug-likeness (QED) is 0.0767. The molecule has 0 saturated heterocycles. The summed E-state index contributed by atoms with van der Waals surface area (Å²) in [5, 5.41) is 18.1. The molecule has 3 nitrogen and oxygen atoms in total. The molecular formula is C36H75NO2. The van der Waals surface area contributed by atoms with Crippen molar-refractivity contribution in [3.8, 4) is 0 Å². The molecule has 0 spiro atoms. The fourth-order valence-electron chi connectivity index (χ4n) is 5.93. The standard InChI is InChI=1S/C36H75NO2/c1-2-3-4-5-6-7-8-9-10-11-12-13-14-15-16-17-18-19-20-21-22-23-24-25-26-27-28-29-32-37(33-30-35-38)34-31-36-39/h38-39H,2-36H2,1H3. The van der Waals surface area contributed by atoms with Crippen LogP contribution in [-0.2, 0) is 0 Å². The van der Waals surface area contributed by atoms with Gasteiger partial charge in [0.15, 0.2) is 0 Å². The molecule has 0 fully saturated rings. The molecule has 2 N–H and O–H groups in total. The van der Waals surface area contributed by atoms with Crippen molar-refractivity contribution in [2.75, 3.05) is 32.8 Å². The van der Waals surface area contributed by atoms with Gasteiger partial charge < -0.3 is 15.1 Å². The van der Waals surface area contributed by atoms with Crippen molar-refractivity contribution in [1.29, 1.82) is 0 Å². The third-order valence-corrected chi connectivity index (χ3v) is 8.59. The average Bonchev–Trinajstić information content (AvgIpc) is 2.95. The summed E-state index contributed by atoms with van der Waals surface area (Å²) in [7, 11) is 0. The molecule has 0 bridgehead atoms. The second kappa shape index (κ2) is 35.9. The first-order valence-corrected chi connectivity index (χ1v) is 18.3. The lowest BCUT2D eigenvalue weighted by Crippen LogP contribution is -2.28. The minimum absolute atomic E-state index is 0.273. The number of hydrogen-bond donors (Lipinski definition) is 2. The number of aliphatic hydroxyl groups is 2. The molecule has 236 valence electrons. The Bertz CT molecular complexity index is 409. The first kappa shape index (κ1) is 38.9. The maximum Gasteiger partial charge on any atom is 0.0443 e. The van der Waals surface area contributed by atoms with Crippen LogP contribution in [0.3, 0.4) is 0 Å². The summed E-state index contributed by atoms with van der Waals surface area (Å²) < 4.78 is 0. The second-order valence-corrected chi connectivity index (χ2v) is 12.5. The molecule has 0 saturated carbocycles. The van der Waals surface area contributed by atoms with Crippen molar-refractivity contribution < 1.29 is 10.2 Å². The zero-order chi connectivity index (χ0) is 28.3. The Kier molecular flexibility index (Phi) is 35.8. The van der Waals surface area contributed by atoms with Gasteiger partial charge in [0.05, 0.1) is 0 Å². The van der Waals surface area contributed by atoms with Crippen molar-refractivity contribution in [3.63, 3.8) is 0 Å². The molecule has 0 radical (unpaired) electrons. The van der Waals surface area contributed by atoms with Crippen LogP contribution in [0.25, 0.3) is 0 Å². The Morgan fingerprint density at radius 3 is 0.718 bits per heavy atom. The predicted octanol–water partition coefficient (Wildman–Crippen LogP) is 11.0. The van der Waals surface area contributed by atoms with Crippen molar-refractivity contribution in [3.05, 3.63) is 0 Å². The lowest BCUT2D eigenvalue weighted by Gasteiger charge is -2.21. The van der Waals surface area contributed by atoms with Gasteiger partial charge in [0, 0.05) is 26.3 Å². The second-order valence-electron chi connectivity index (χ2n) is 12.5. The van der Waals surface area contributed by atoms with E-state index in [0.29, 0.717) is 0 Å². The van der Waals surface area contributed by atoms with Crippen LogP contribution >= 0.6 is 0 Å². The van der Waals surface area contributed by atoms with Gasteiger partial charge in [-0.15, -0.1) is 0 Å². The Morgan fingerprint density at radius 2 is 0.487 bits per heavy atom. The smallest absolute Gasteiger partial charge is 0.0443 e. The van der Waals surface area contributed by atoms with Gasteiger partial charge in [-0.1, -0.05) is 180 Å². The van der Waals surface area contributed by atoms with Crippen LogP contribution in [0, 0.1) is 0 Å². The van der Waals surface area contributed by atoms with Gasteiger partial charge in [-0.2, -0.15) is 0 Å². The highest BCUT2D eigenvalue weighted by atomic mass is 16.3. The van der Waals surface area contributed by atoms with Crippen molar-refractivity contribution in [2.24, 2.45) is 0 Å². The van der Waals surface area contributed by atoms with E-state index in [2.05, 4.69) is 11.8 Å². The predicted molar refractivity (Wildman–Crippen MR) is 175 cm³/mol. The topological polar surface area (TPSA) is 43.7 Å². The summed E-state index contributed by atoms with van der Waals surface area (Å²) >= 11 is 0. The Labute approximate surface area is 247 Å². The average molecular weight is 554 g/mol. The van der Waals surface area contributed by atoms with Gasteiger partial charge in [-0.3, -0.25) is 0 Å². The molecular weight excluding hydrogens is 478 g/mol. The molecule has 0 aliphatic rings. The van der Waals surface area contributed by atoms with E-state index >= 15 is 0 Å². The highest BCUT2D eigenvalue weighted by molar-refractivity contribution is 4.59. The normalized spacial score (nSPS) is 11.7. The number of rotatable bonds is 35. The van der Waals surface area contributed by atoms with Crippen LogP contribution in [0.4, 0.5) is 0 Å². The molecule has 0 rings (SSSR count). The lowest BCUT2D eigenvalue weighted by atomic mass is 10.0. The third kappa shape index (κ3) is 34.0. The van der Waals surface area contributed by atoms with Crippen molar-refractivity contribution in [1.82, 2.24) is 4.90 Å². The van der Waals surface area contributed by atoms with E-state index in [-0.39, 0.29) is 13.2 Å². The summed E-state index contributed by atoms with van der Waals surface area (Å²) in [6.07, 6.45) is 42.1. The minimum Gasteiger partial charge on any atom is -0.396 e. The number of aliphatic hydroxyl groups excluding tert-OH is 2. The molecule has 0 aliphatic carbocycles. The summed E-state index contributed by atoms with van der Waals surface area (Å²) in [6.45, 7) is 5.91. The number of unbranched alkanes of at least 4 members (excludes halogenated alkanes) is 27. The maximum atomic E-state index is 9.04. The Balaban J connectivity index is 3.16. The molecule has 0 atom stereocenters. The summed E-state index contributed by atoms with van der Waals surface area (Å²) in [5.74, 6) is 0.